The van der Waals surface area contributed by atoms with E-state index in [1.807, 2.05) is 60.7 Å². The number of ether oxygens (including phenoxy) is 2. The summed E-state index contributed by atoms with van der Waals surface area (Å²) in [4.78, 5) is 32.7. The lowest BCUT2D eigenvalue weighted by Gasteiger charge is -2.36. The normalized spacial score (nSPS) is 16.3. The predicted molar refractivity (Wildman–Crippen MR) is 296 cm³/mol. The molecule has 2 atom stereocenters. The van der Waals surface area contributed by atoms with Gasteiger partial charge in [-0.2, -0.15) is 0 Å². The fourth-order valence-corrected chi connectivity index (χ4v) is 14.0. The van der Waals surface area contributed by atoms with Crippen LogP contribution in [-0.4, -0.2) is 128 Å². The molecular formula is C54H67ClN5O11PS3. The van der Waals surface area contributed by atoms with Gasteiger partial charge in [0.05, 0.1) is 34.4 Å². The number of amides is 1. The molecular weight excluding hydrogens is 1060 g/mol. The molecule has 5 aromatic rings. The number of halogens is 1. The Kier molecular flexibility index (Phi) is 20.7. The van der Waals surface area contributed by atoms with Crippen molar-refractivity contribution in [3.05, 3.63) is 137 Å². The van der Waals surface area contributed by atoms with Crippen molar-refractivity contribution in [2.45, 2.75) is 73.4 Å². The summed E-state index contributed by atoms with van der Waals surface area (Å²) in [6, 6.07) is 36.4. The fourth-order valence-electron chi connectivity index (χ4n) is 9.03. The summed E-state index contributed by atoms with van der Waals surface area (Å²) in [5.41, 5.74) is 4.80. The summed E-state index contributed by atoms with van der Waals surface area (Å²) in [5.74, 6) is -0.235. The first-order valence-electron chi connectivity index (χ1n) is 25.1. The first-order chi connectivity index (χ1) is 35.9. The number of likely N-dealkylation sites (tertiary alicyclic amines) is 1. The van der Waals surface area contributed by atoms with Gasteiger partial charge in [0.15, 0.2) is 9.84 Å². The zero-order chi connectivity index (χ0) is 53.6. The SMILES string of the molecule is CCOP(=O)(CC1CCN(CC[C@H](CSc2ccccc2)Nc2ccc(S(=O)(=O)NC(=O)c3ccc(N4CCN(Cc5ccccc5-c5ccc(Cl)cc5)CC4)cc3)cc2S(C)(=O)=O)CC1)OCOC(=O)OC(C)C. The first kappa shape index (κ1) is 57.7. The number of nitrogens with one attached hydrogen (secondary N) is 2. The first-order valence-corrected chi connectivity index (χ1v) is 31.5. The number of sulfone groups is 1. The highest BCUT2D eigenvalue weighted by atomic mass is 35.5. The summed E-state index contributed by atoms with van der Waals surface area (Å²) < 4.78 is 90.9. The maximum atomic E-state index is 13.8. The third kappa shape index (κ3) is 17.3. The van der Waals surface area contributed by atoms with Gasteiger partial charge in [-0.3, -0.25) is 18.8 Å². The van der Waals surface area contributed by atoms with Crippen LogP contribution in [-0.2, 0) is 49.5 Å². The number of hydrogen-bond acceptors (Lipinski definition) is 16. The molecule has 0 aromatic heterocycles. The van der Waals surface area contributed by atoms with Gasteiger partial charge in [0, 0.05) is 78.5 Å². The van der Waals surface area contributed by atoms with E-state index in [-0.39, 0.29) is 51.9 Å². The van der Waals surface area contributed by atoms with Crippen molar-refractivity contribution in [2.24, 2.45) is 5.92 Å². The summed E-state index contributed by atoms with van der Waals surface area (Å²) >= 11 is 7.76. The minimum Gasteiger partial charge on any atom is -0.432 e. The summed E-state index contributed by atoms with van der Waals surface area (Å²) in [5, 5.41) is 4.12. The lowest BCUT2D eigenvalue weighted by atomic mass is 9.98. The number of rotatable bonds is 24. The molecule has 0 aliphatic carbocycles. The zero-order valence-electron chi connectivity index (χ0n) is 42.8. The number of piperidine rings is 1. The molecule has 2 saturated heterocycles. The van der Waals surface area contributed by atoms with Crippen LogP contribution in [0.1, 0.15) is 56.0 Å². The lowest BCUT2D eigenvalue weighted by Crippen LogP contribution is -2.46. The van der Waals surface area contributed by atoms with Crippen molar-refractivity contribution in [2.75, 3.05) is 87.6 Å². The maximum absolute atomic E-state index is 13.8. The van der Waals surface area contributed by atoms with Gasteiger partial charge < -0.3 is 29.1 Å². The molecule has 16 nitrogen and oxygen atoms in total. The van der Waals surface area contributed by atoms with Crippen LogP contribution in [0.3, 0.4) is 0 Å². The Morgan fingerprint density at radius 3 is 2.16 bits per heavy atom. The molecule has 0 spiro atoms. The second kappa shape index (κ2) is 26.9. The molecule has 2 aliphatic rings. The summed E-state index contributed by atoms with van der Waals surface area (Å²) in [7, 11) is -12.0. The van der Waals surface area contributed by atoms with Gasteiger partial charge in [-0.15, -0.1) is 11.8 Å². The lowest BCUT2D eigenvalue weighted by molar-refractivity contribution is -0.0131. The quantitative estimate of drug-likeness (QED) is 0.0257. The van der Waals surface area contributed by atoms with E-state index in [2.05, 4.69) is 42.9 Å². The van der Waals surface area contributed by atoms with Crippen LogP contribution in [0.2, 0.25) is 5.02 Å². The molecule has 0 saturated carbocycles. The number of benzene rings is 5. The smallest absolute Gasteiger partial charge is 0.432 e. The minimum absolute atomic E-state index is 0.0433. The Hall–Kier alpha value is -4.95. The third-order valence-electron chi connectivity index (χ3n) is 12.9. The van der Waals surface area contributed by atoms with Gasteiger partial charge >= 0.3 is 13.8 Å². The number of anilines is 2. The average Bonchev–Trinajstić information content (AvgIpc) is 3.38. The van der Waals surface area contributed by atoms with Crippen molar-refractivity contribution < 1.29 is 49.5 Å². The van der Waals surface area contributed by atoms with Crippen molar-refractivity contribution in [3.8, 4) is 11.1 Å². The van der Waals surface area contributed by atoms with Gasteiger partial charge in [0.2, 0.25) is 6.79 Å². The molecule has 1 amide bonds. The van der Waals surface area contributed by atoms with E-state index in [9.17, 15) is 31.0 Å². The van der Waals surface area contributed by atoms with E-state index in [4.69, 9.17) is 30.1 Å². The second-order valence-electron chi connectivity index (χ2n) is 18.9. The van der Waals surface area contributed by atoms with Gasteiger partial charge in [-0.05, 0) is 142 Å². The van der Waals surface area contributed by atoms with Crippen molar-refractivity contribution >= 4 is 74.3 Å². The molecule has 7 rings (SSSR count). The van der Waals surface area contributed by atoms with Crippen LogP contribution in [0.5, 0.6) is 0 Å². The Morgan fingerprint density at radius 2 is 1.49 bits per heavy atom. The molecule has 75 heavy (non-hydrogen) atoms. The number of hydrogen-bond donors (Lipinski definition) is 2. The molecule has 1 unspecified atom stereocenters. The van der Waals surface area contributed by atoms with Crippen LogP contribution in [0.15, 0.2) is 136 Å². The van der Waals surface area contributed by atoms with E-state index >= 15 is 0 Å². The Bertz CT molecular complexity index is 2960. The van der Waals surface area contributed by atoms with E-state index in [0.717, 1.165) is 74.0 Å². The summed E-state index contributed by atoms with van der Waals surface area (Å²) in [6.07, 6.45) is 1.98. The molecule has 0 bridgehead atoms. The number of carbonyl (C=O) groups is 2. The minimum atomic E-state index is -4.51. The molecule has 5 aromatic carbocycles. The highest BCUT2D eigenvalue weighted by Gasteiger charge is 2.32. The van der Waals surface area contributed by atoms with Gasteiger partial charge in [0.25, 0.3) is 15.9 Å². The van der Waals surface area contributed by atoms with Crippen molar-refractivity contribution in [1.82, 2.24) is 14.5 Å². The molecule has 2 fully saturated rings. The van der Waals surface area contributed by atoms with E-state index in [0.29, 0.717) is 36.8 Å². The van der Waals surface area contributed by atoms with Crippen LogP contribution in [0, 0.1) is 5.92 Å². The maximum Gasteiger partial charge on any atom is 0.510 e. The van der Waals surface area contributed by atoms with E-state index in [1.54, 1.807) is 56.8 Å². The molecule has 2 aliphatic heterocycles. The van der Waals surface area contributed by atoms with Gasteiger partial charge in [-0.1, -0.05) is 66.2 Å². The predicted octanol–water partition coefficient (Wildman–Crippen LogP) is 10.3. The van der Waals surface area contributed by atoms with E-state index < -0.39 is 46.3 Å². The number of carbonyl (C=O) groups excluding carboxylic acids is 2. The fraction of sp³-hybridized carbons (Fsp3) is 0.407. The van der Waals surface area contributed by atoms with E-state index in [1.165, 1.54) is 23.3 Å². The monoisotopic (exact) mass is 1120 g/mol. The van der Waals surface area contributed by atoms with Crippen LogP contribution < -0.4 is 14.9 Å². The molecule has 21 heteroatoms. The number of nitrogens with zero attached hydrogens (tertiary/aromatic N) is 3. The molecule has 2 heterocycles. The zero-order valence-corrected chi connectivity index (χ0v) is 46.9. The van der Waals surface area contributed by atoms with Crippen LogP contribution >= 0.6 is 31.0 Å². The average molecular weight is 1120 g/mol. The standard InChI is InChI=1S/C54H67ClN5O11PS3/c1-5-69-72(63,70-39-68-54(62)71-40(2)3)37-41-25-28-58(29-26-41)30-27-46(38-73-48-12-7-6-8-13-48)56-51-24-23-49(35-52(51)74(4,64)65)75(66,67)57-53(61)43-17-21-47(22-18-43)60-33-31-59(32-34-60)36-44-11-9-10-14-50(44)42-15-19-45(55)20-16-42/h6-24,35,40-41,46,56H,5,25-34,36-39H2,1-4H3,(H,57,61)/t46-,72?/m1/s1. The van der Waals surface area contributed by atoms with Gasteiger partial charge in [-0.25, -0.2) is 26.4 Å². The van der Waals surface area contributed by atoms with Crippen LogP contribution in [0.25, 0.3) is 11.1 Å². The Balaban J connectivity index is 0.945. The number of thioether (sulfide) groups is 1. The Morgan fingerprint density at radius 1 is 0.813 bits per heavy atom. The number of sulfonamides is 1. The Labute approximate surface area is 451 Å². The highest BCUT2D eigenvalue weighted by molar-refractivity contribution is 7.99. The molecule has 2 N–H and O–H groups in total. The highest BCUT2D eigenvalue weighted by Crippen LogP contribution is 2.51. The van der Waals surface area contributed by atoms with Crippen LogP contribution in [0.4, 0.5) is 16.2 Å². The molecule has 404 valence electrons. The van der Waals surface area contributed by atoms with Crippen molar-refractivity contribution in [1.29, 1.82) is 0 Å². The van der Waals surface area contributed by atoms with Gasteiger partial charge in [0.1, 0.15) is 0 Å². The van der Waals surface area contributed by atoms with Crippen molar-refractivity contribution in [3.63, 3.8) is 0 Å². The largest absolute Gasteiger partial charge is 0.510 e. The topological polar surface area (TPSA) is 190 Å². The second-order valence-corrected chi connectivity index (χ2v) is 26.2. The third-order valence-corrected chi connectivity index (χ3v) is 18.9. The number of piperazine rings is 1. The molecule has 0 radical (unpaired) electrons. The summed E-state index contributed by atoms with van der Waals surface area (Å²) in [6.45, 7) is 10.8.